The van der Waals surface area contributed by atoms with E-state index in [9.17, 15) is 40.7 Å². The van der Waals surface area contributed by atoms with Crippen LogP contribution in [-0.2, 0) is 42.8 Å². The van der Waals surface area contributed by atoms with Crippen LogP contribution in [0.2, 0.25) is 0 Å². The van der Waals surface area contributed by atoms with Crippen molar-refractivity contribution in [1.82, 2.24) is 25.1 Å². The van der Waals surface area contributed by atoms with Crippen LogP contribution < -0.4 is 15.4 Å². The molecular weight excluding hydrogens is 752 g/mol. The summed E-state index contributed by atoms with van der Waals surface area (Å²) < 4.78 is 127. The first-order valence-corrected chi connectivity index (χ1v) is 16.7. The molecule has 2 N–H and O–H groups in total. The third kappa shape index (κ3) is 11.1. The first kappa shape index (κ1) is 42.8. The van der Waals surface area contributed by atoms with Crippen molar-refractivity contribution in [2.75, 3.05) is 59.6 Å². The van der Waals surface area contributed by atoms with Gasteiger partial charge in [-0.15, -0.1) is 0 Å². The second kappa shape index (κ2) is 18.1. The summed E-state index contributed by atoms with van der Waals surface area (Å²) in [4.78, 5) is 48.9. The summed E-state index contributed by atoms with van der Waals surface area (Å²) in [6.45, 7) is 0.320. The SMILES string of the molecule is COCCN(C)CCOc1ccc(CN(CNC2(C(=O)OC)CCC2)C(=O)CC(=O)Nc2ccc(C(F)(F)F)cc2-c2cc(C(F)(F)F)ncn2)c(F)c1F. The van der Waals surface area contributed by atoms with Crippen molar-refractivity contribution in [2.24, 2.45) is 0 Å². The monoisotopic (exact) mass is 790 g/mol. The van der Waals surface area contributed by atoms with Crippen LogP contribution >= 0.6 is 0 Å². The van der Waals surface area contributed by atoms with Crippen LogP contribution in [-0.4, -0.2) is 97.3 Å². The van der Waals surface area contributed by atoms with Crippen molar-refractivity contribution in [3.05, 3.63) is 71.2 Å². The van der Waals surface area contributed by atoms with Crippen molar-refractivity contribution in [1.29, 1.82) is 0 Å². The number of ether oxygens (including phenoxy) is 3. The first-order chi connectivity index (χ1) is 25.9. The van der Waals surface area contributed by atoms with Gasteiger partial charge in [0, 0.05) is 37.9 Å². The fourth-order valence-electron chi connectivity index (χ4n) is 5.48. The summed E-state index contributed by atoms with van der Waals surface area (Å²) in [6.07, 6.45) is -9.15. The molecule has 300 valence electrons. The molecular formula is C35H38F8N6O6. The molecule has 0 radical (unpaired) electrons. The number of carbonyl (C=O) groups is 3. The molecule has 1 aliphatic carbocycles. The van der Waals surface area contributed by atoms with E-state index in [-0.39, 0.29) is 12.2 Å². The molecule has 2 aromatic carbocycles. The summed E-state index contributed by atoms with van der Waals surface area (Å²) in [5, 5.41) is 5.14. The fourth-order valence-corrected chi connectivity index (χ4v) is 5.48. The van der Waals surface area contributed by atoms with Gasteiger partial charge in [0.1, 0.15) is 30.6 Å². The molecule has 0 spiro atoms. The second-order valence-corrected chi connectivity index (χ2v) is 12.6. The Hall–Kier alpha value is -4.95. The Morgan fingerprint density at radius 2 is 1.62 bits per heavy atom. The number of halogens is 8. The zero-order chi connectivity index (χ0) is 40.6. The van der Waals surface area contributed by atoms with Gasteiger partial charge in [-0.25, -0.2) is 14.4 Å². The molecule has 1 heterocycles. The highest BCUT2D eigenvalue weighted by Crippen LogP contribution is 2.37. The van der Waals surface area contributed by atoms with Gasteiger partial charge in [0.25, 0.3) is 0 Å². The predicted molar refractivity (Wildman–Crippen MR) is 179 cm³/mol. The number of esters is 1. The third-order valence-electron chi connectivity index (χ3n) is 8.81. The summed E-state index contributed by atoms with van der Waals surface area (Å²) in [5.74, 6) is -5.85. The normalized spacial score (nSPS) is 14.0. The number of methoxy groups -OCH3 is 2. The van der Waals surface area contributed by atoms with E-state index in [2.05, 4.69) is 20.6 Å². The van der Waals surface area contributed by atoms with Crippen molar-refractivity contribution in [2.45, 2.75) is 50.1 Å². The second-order valence-electron chi connectivity index (χ2n) is 12.6. The molecule has 0 atom stereocenters. The number of anilines is 1. The molecule has 4 rings (SSSR count). The maximum atomic E-state index is 15.4. The van der Waals surface area contributed by atoms with Crippen molar-refractivity contribution >= 4 is 23.5 Å². The molecule has 0 aliphatic heterocycles. The lowest BCUT2D eigenvalue weighted by Gasteiger charge is -2.41. The van der Waals surface area contributed by atoms with Crippen LogP contribution in [0.5, 0.6) is 5.75 Å². The number of benzene rings is 2. The van der Waals surface area contributed by atoms with Gasteiger partial charge in [0.15, 0.2) is 11.6 Å². The number of nitrogens with zero attached hydrogens (tertiary/aromatic N) is 4. The number of hydrogen-bond donors (Lipinski definition) is 2. The minimum atomic E-state index is -4.98. The van der Waals surface area contributed by atoms with E-state index in [0.29, 0.717) is 63.5 Å². The molecule has 55 heavy (non-hydrogen) atoms. The molecule has 1 fully saturated rings. The largest absolute Gasteiger partial charge is 0.489 e. The lowest BCUT2D eigenvalue weighted by atomic mass is 9.77. The quantitative estimate of drug-likeness (QED) is 0.0791. The van der Waals surface area contributed by atoms with Gasteiger partial charge in [-0.2, -0.15) is 30.7 Å². The molecule has 1 saturated carbocycles. The molecule has 3 aromatic rings. The molecule has 2 amide bonds. The highest BCUT2D eigenvalue weighted by molar-refractivity contribution is 6.05. The molecule has 1 aromatic heterocycles. The number of nitrogens with one attached hydrogen (secondary N) is 2. The Kier molecular flexibility index (Phi) is 14.1. The Balaban J connectivity index is 1.57. The number of aromatic nitrogens is 2. The minimum absolute atomic E-state index is 0.0105. The van der Waals surface area contributed by atoms with Crippen LogP contribution in [0, 0.1) is 11.6 Å². The summed E-state index contributed by atoms with van der Waals surface area (Å²) >= 11 is 0. The van der Waals surface area contributed by atoms with Gasteiger partial charge >= 0.3 is 18.3 Å². The standard InChI is InChI=1S/C35H38F8N6O6/c1-48(11-13-53-2)12-14-55-26-8-5-21(30(36)31(26)37)18-49(20-46-33(9-4-10-33)32(52)54-3)29(51)17-28(50)47-24-7-6-22(34(38,39)40)15-23(24)25-16-27(35(41,42)43)45-19-44-25/h5-8,15-16,19,46H,4,9-14,17-18,20H2,1-3H3,(H,47,50). The van der Waals surface area contributed by atoms with E-state index < -0.39 is 101 Å². The van der Waals surface area contributed by atoms with Gasteiger partial charge in [0.05, 0.1) is 37.3 Å². The number of amides is 2. The number of likely N-dealkylation sites (N-methyl/N-ethyl adjacent to an activating group) is 1. The van der Waals surface area contributed by atoms with Gasteiger partial charge in [-0.3, -0.25) is 19.7 Å². The van der Waals surface area contributed by atoms with E-state index in [1.807, 2.05) is 4.90 Å². The Bertz CT molecular complexity index is 1840. The minimum Gasteiger partial charge on any atom is -0.489 e. The van der Waals surface area contributed by atoms with Crippen molar-refractivity contribution in [3.63, 3.8) is 0 Å². The highest BCUT2D eigenvalue weighted by Gasteiger charge is 2.45. The van der Waals surface area contributed by atoms with Gasteiger partial charge in [-0.1, -0.05) is 6.07 Å². The number of carbonyl (C=O) groups excluding carboxylic acids is 3. The van der Waals surface area contributed by atoms with Crippen molar-refractivity contribution in [3.8, 4) is 17.0 Å². The van der Waals surface area contributed by atoms with Crippen LogP contribution in [0.3, 0.4) is 0 Å². The topological polar surface area (TPSA) is 135 Å². The average Bonchev–Trinajstić information content (AvgIpc) is 3.11. The molecule has 12 nitrogen and oxygen atoms in total. The molecule has 1 aliphatic rings. The van der Waals surface area contributed by atoms with Crippen LogP contribution in [0.15, 0.2) is 42.7 Å². The van der Waals surface area contributed by atoms with Gasteiger partial charge in [-0.05, 0) is 56.6 Å². The van der Waals surface area contributed by atoms with Crippen molar-refractivity contribution < 1.29 is 63.7 Å². The maximum absolute atomic E-state index is 15.4. The molecule has 0 bridgehead atoms. The summed E-state index contributed by atoms with van der Waals surface area (Å²) in [6, 6.07) is 4.56. The Morgan fingerprint density at radius 3 is 2.24 bits per heavy atom. The number of rotatable bonds is 17. The van der Waals surface area contributed by atoms with E-state index in [1.54, 1.807) is 7.05 Å². The Morgan fingerprint density at radius 1 is 0.909 bits per heavy atom. The van der Waals surface area contributed by atoms with E-state index in [4.69, 9.17) is 14.2 Å². The smallest absolute Gasteiger partial charge is 0.433 e. The zero-order valence-electron chi connectivity index (χ0n) is 29.9. The zero-order valence-corrected chi connectivity index (χ0v) is 29.9. The number of alkyl halides is 6. The summed E-state index contributed by atoms with van der Waals surface area (Å²) in [5.41, 5.74) is -5.85. The third-order valence-corrected chi connectivity index (χ3v) is 8.81. The van der Waals surface area contributed by atoms with E-state index in [1.165, 1.54) is 13.2 Å². The van der Waals surface area contributed by atoms with E-state index >= 15 is 8.78 Å². The molecule has 20 heteroatoms. The molecule has 0 saturated heterocycles. The maximum Gasteiger partial charge on any atom is 0.433 e. The fraction of sp³-hybridized carbons (Fsp3) is 0.457. The lowest BCUT2D eigenvalue weighted by Crippen LogP contribution is -2.60. The van der Waals surface area contributed by atoms with Gasteiger partial charge < -0.3 is 29.3 Å². The van der Waals surface area contributed by atoms with Gasteiger partial charge in [0.2, 0.25) is 17.6 Å². The summed E-state index contributed by atoms with van der Waals surface area (Å²) in [7, 11) is 4.48. The first-order valence-electron chi connectivity index (χ1n) is 16.7. The average molecular weight is 791 g/mol. The van der Waals surface area contributed by atoms with Crippen LogP contribution in [0.4, 0.5) is 40.8 Å². The van der Waals surface area contributed by atoms with Crippen LogP contribution in [0.1, 0.15) is 42.5 Å². The molecule has 0 unspecified atom stereocenters. The highest BCUT2D eigenvalue weighted by atomic mass is 19.4. The number of hydrogen-bond acceptors (Lipinski definition) is 10. The van der Waals surface area contributed by atoms with Crippen LogP contribution in [0.25, 0.3) is 11.3 Å². The lowest BCUT2D eigenvalue weighted by molar-refractivity contribution is -0.154. The predicted octanol–water partition coefficient (Wildman–Crippen LogP) is 5.42. The van der Waals surface area contributed by atoms with E-state index in [0.717, 1.165) is 24.1 Å². The Labute approximate surface area is 310 Å².